The van der Waals surface area contributed by atoms with Crippen LogP contribution in [-0.4, -0.2) is 30.6 Å². The standard InChI is InChI=1S/C13H17N3O4/c1-2-20-13(17)10-5-7-15(8-6-10)12-4-3-11(9-14-12)16(18)19/h3-4,9-10H,2,5-8H2,1H3/p+1. The Kier molecular flexibility index (Phi) is 4.49. The number of aromatic amines is 1. The third-order valence-electron chi connectivity index (χ3n) is 3.45. The fraction of sp³-hybridized carbons (Fsp3) is 0.538. The van der Waals surface area contributed by atoms with Crippen LogP contribution < -0.4 is 9.88 Å². The second-order valence-corrected chi connectivity index (χ2v) is 4.70. The number of carbonyl (C=O) groups is 1. The maximum Gasteiger partial charge on any atom is 0.309 e. The zero-order chi connectivity index (χ0) is 14.5. The molecule has 0 amide bonds. The number of nitrogens with zero attached hydrogens (tertiary/aromatic N) is 2. The van der Waals surface area contributed by atoms with Crippen molar-refractivity contribution in [3.05, 3.63) is 28.4 Å². The number of nitro groups is 1. The van der Waals surface area contributed by atoms with Crippen molar-refractivity contribution in [2.24, 2.45) is 5.92 Å². The molecule has 1 aromatic heterocycles. The van der Waals surface area contributed by atoms with Gasteiger partial charge in [-0.3, -0.25) is 19.8 Å². The minimum absolute atomic E-state index is 0.0372. The van der Waals surface area contributed by atoms with E-state index >= 15 is 0 Å². The molecule has 1 N–H and O–H groups in total. The SMILES string of the molecule is CCOC(=O)C1CCN(c2ccc([N+](=O)[O-])c[nH+]2)CC1. The number of esters is 1. The van der Waals surface area contributed by atoms with Crippen LogP contribution in [0.3, 0.4) is 0 Å². The van der Waals surface area contributed by atoms with Crippen LogP contribution in [0, 0.1) is 16.0 Å². The molecule has 0 atom stereocenters. The molecule has 7 nitrogen and oxygen atoms in total. The van der Waals surface area contributed by atoms with E-state index in [1.807, 2.05) is 0 Å². The number of aromatic nitrogens is 1. The van der Waals surface area contributed by atoms with Gasteiger partial charge in [0.05, 0.1) is 30.5 Å². The fourth-order valence-electron chi connectivity index (χ4n) is 2.33. The van der Waals surface area contributed by atoms with Gasteiger partial charge in [-0.2, -0.15) is 0 Å². The molecule has 1 fully saturated rings. The molecule has 2 rings (SSSR count). The summed E-state index contributed by atoms with van der Waals surface area (Å²) in [6.45, 7) is 3.68. The van der Waals surface area contributed by atoms with Crippen LogP contribution in [0.15, 0.2) is 18.3 Å². The lowest BCUT2D eigenvalue weighted by atomic mass is 9.97. The molecule has 7 heteroatoms. The Labute approximate surface area is 116 Å². The van der Waals surface area contributed by atoms with Crippen LogP contribution in [0.4, 0.5) is 11.5 Å². The van der Waals surface area contributed by atoms with Crippen molar-refractivity contribution in [1.82, 2.24) is 0 Å². The van der Waals surface area contributed by atoms with Gasteiger partial charge < -0.3 is 4.74 Å². The molecule has 0 radical (unpaired) electrons. The first-order valence-electron chi connectivity index (χ1n) is 6.69. The van der Waals surface area contributed by atoms with Gasteiger partial charge in [0.15, 0.2) is 6.20 Å². The summed E-state index contributed by atoms with van der Waals surface area (Å²) in [5.74, 6) is 0.669. The van der Waals surface area contributed by atoms with Gasteiger partial charge in [0.1, 0.15) is 0 Å². The van der Waals surface area contributed by atoms with Crippen LogP contribution in [0.25, 0.3) is 0 Å². The van der Waals surface area contributed by atoms with E-state index in [9.17, 15) is 14.9 Å². The van der Waals surface area contributed by atoms with Crippen LogP contribution in [0.2, 0.25) is 0 Å². The quantitative estimate of drug-likeness (QED) is 0.469. The van der Waals surface area contributed by atoms with Crippen LogP contribution >= 0.6 is 0 Å². The van der Waals surface area contributed by atoms with E-state index in [0.29, 0.717) is 6.61 Å². The van der Waals surface area contributed by atoms with E-state index in [1.165, 1.54) is 12.3 Å². The lowest BCUT2D eigenvalue weighted by Gasteiger charge is -2.26. The van der Waals surface area contributed by atoms with Crippen molar-refractivity contribution >= 4 is 17.5 Å². The van der Waals surface area contributed by atoms with Crippen LogP contribution in [-0.2, 0) is 9.53 Å². The Bertz CT molecular complexity index is 481. The smallest absolute Gasteiger partial charge is 0.309 e. The van der Waals surface area contributed by atoms with E-state index in [0.717, 1.165) is 31.7 Å². The number of anilines is 1. The highest BCUT2D eigenvalue weighted by molar-refractivity contribution is 5.72. The van der Waals surface area contributed by atoms with Gasteiger partial charge in [-0.25, -0.2) is 4.98 Å². The Balaban J connectivity index is 1.93. The molecule has 1 aromatic rings. The highest BCUT2D eigenvalue weighted by Crippen LogP contribution is 2.22. The minimum atomic E-state index is -0.437. The van der Waals surface area contributed by atoms with Crippen molar-refractivity contribution in [2.75, 3.05) is 24.6 Å². The first-order chi connectivity index (χ1) is 9.61. The fourth-order valence-corrected chi connectivity index (χ4v) is 2.33. The molecule has 1 aliphatic rings. The maximum absolute atomic E-state index is 11.6. The lowest BCUT2D eigenvalue weighted by Crippen LogP contribution is -2.39. The molecule has 0 aliphatic carbocycles. The third kappa shape index (κ3) is 3.23. The minimum Gasteiger partial charge on any atom is -0.466 e. The average molecular weight is 280 g/mol. The summed E-state index contributed by atoms with van der Waals surface area (Å²) >= 11 is 0. The predicted molar refractivity (Wildman–Crippen MR) is 71.2 cm³/mol. The van der Waals surface area contributed by atoms with Gasteiger partial charge in [0.25, 0.3) is 5.82 Å². The van der Waals surface area contributed by atoms with E-state index in [4.69, 9.17) is 4.74 Å². The van der Waals surface area contributed by atoms with Crippen molar-refractivity contribution in [1.29, 1.82) is 0 Å². The summed E-state index contributed by atoms with van der Waals surface area (Å²) in [5, 5.41) is 10.6. The van der Waals surface area contributed by atoms with Gasteiger partial charge in [-0.05, 0) is 19.8 Å². The monoisotopic (exact) mass is 280 g/mol. The van der Waals surface area contributed by atoms with Gasteiger partial charge >= 0.3 is 11.7 Å². The second-order valence-electron chi connectivity index (χ2n) is 4.70. The molecular formula is C13H18N3O4+. The number of H-pyrrole nitrogens is 1. The molecule has 108 valence electrons. The number of piperidine rings is 1. The summed E-state index contributed by atoms with van der Waals surface area (Å²) in [5.41, 5.74) is 0.0372. The van der Waals surface area contributed by atoms with Crippen molar-refractivity contribution in [3.8, 4) is 0 Å². The highest BCUT2D eigenvalue weighted by Gasteiger charge is 2.30. The largest absolute Gasteiger partial charge is 0.466 e. The summed E-state index contributed by atoms with van der Waals surface area (Å²) in [6, 6.07) is 3.17. The lowest BCUT2D eigenvalue weighted by molar-refractivity contribution is -0.414. The maximum atomic E-state index is 11.6. The number of hydrogen-bond donors (Lipinski definition) is 0. The highest BCUT2D eigenvalue weighted by atomic mass is 16.6. The second kappa shape index (κ2) is 6.31. The first-order valence-corrected chi connectivity index (χ1v) is 6.69. The van der Waals surface area contributed by atoms with E-state index in [-0.39, 0.29) is 17.6 Å². The number of carbonyl (C=O) groups excluding carboxylic acids is 1. The molecule has 20 heavy (non-hydrogen) atoms. The topological polar surface area (TPSA) is 86.8 Å². The Hall–Kier alpha value is -2.18. The summed E-state index contributed by atoms with van der Waals surface area (Å²) < 4.78 is 5.02. The number of ether oxygens (including phenoxy) is 1. The van der Waals surface area contributed by atoms with E-state index < -0.39 is 4.92 Å². The summed E-state index contributed by atoms with van der Waals surface area (Å²) in [4.78, 5) is 26.8. The summed E-state index contributed by atoms with van der Waals surface area (Å²) in [7, 11) is 0. The molecule has 0 aromatic carbocycles. The zero-order valence-corrected chi connectivity index (χ0v) is 11.4. The molecule has 1 saturated heterocycles. The van der Waals surface area contributed by atoms with E-state index in [2.05, 4.69) is 9.88 Å². The molecular weight excluding hydrogens is 262 g/mol. The van der Waals surface area contributed by atoms with Crippen molar-refractivity contribution in [2.45, 2.75) is 19.8 Å². The molecule has 0 saturated carbocycles. The summed E-state index contributed by atoms with van der Waals surface area (Å²) in [6.07, 6.45) is 2.86. The average Bonchev–Trinajstić information content (AvgIpc) is 2.48. The number of hydrogen-bond acceptors (Lipinski definition) is 5. The Morgan fingerprint density at radius 3 is 2.70 bits per heavy atom. The predicted octanol–water partition coefficient (Wildman–Crippen LogP) is 1.19. The van der Waals surface area contributed by atoms with Gasteiger partial charge in [0.2, 0.25) is 0 Å². The Morgan fingerprint density at radius 1 is 1.50 bits per heavy atom. The van der Waals surface area contributed by atoms with Gasteiger partial charge in [0, 0.05) is 12.1 Å². The van der Waals surface area contributed by atoms with Crippen LogP contribution in [0.1, 0.15) is 19.8 Å². The van der Waals surface area contributed by atoms with E-state index in [1.54, 1.807) is 13.0 Å². The molecule has 0 spiro atoms. The van der Waals surface area contributed by atoms with Gasteiger partial charge in [-0.1, -0.05) is 0 Å². The van der Waals surface area contributed by atoms with Crippen LogP contribution in [0.5, 0.6) is 0 Å². The molecule has 0 bridgehead atoms. The number of pyridine rings is 1. The number of nitrogens with one attached hydrogen (secondary N) is 1. The molecule has 1 aliphatic heterocycles. The molecule has 0 unspecified atom stereocenters. The van der Waals surface area contributed by atoms with Crippen molar-refractivity contribution < 1.29 is 19.4 Å². The van der Waals surface area contributed by atoms with Crippen molar-refractivity contribution in [3.63, 3.8) is 0 Å². The Morgan fingerprint density at radius 2 is 2.20 bits per heavy atom. The first kappa shape index (κ1) is 14.2. The third-order valence-corrected chi connectivity index (χ3v) is 3.45. The van der Waals surface area contributed by atoms with Gasteiger partial charge in [-0.15, -0.1) is 0 Å². The number of rotatable bonds is 4. The zero-order valence-electron chi connectivity index (χ0n) is 11.4. The normalized spacial score (nSPS) is 15.9. The molecule has 2 heterocycles.